The number of nitrogens with two attached hydrogens (primary N) is 1. The van der Waals surface area contributed by atoms with Gasteiger partial charge < -0.3 is 10.5 Å². The molecule has 17 heavy (non-hydrogen) atoms. The van der Waals surface area contributed by atoms with Gasteiger partial charge in [-0.3, -0.25) is 0 Å². The summed E-state index contributed by atoms with van der Waals surface area (Å²) in [7, 11) is 0. The summed E-state index contributed by atoms with van der Waals surface area (Å²) in [5.41, 5.74) is 8.85. The van der Waals surface area contributed by atoms with Crippen LogP contribution in [0.1, 0.15) is 50.3 Å². The second kappa shape index (κ2) is 5.65. The monoisotopic (exact) mass is 233 g/mol. The van der Waals surface area contributed by atoms with E-state index in [-0.39, 0.29) is 12.1 Å². The van der Waals surface area contributed by atoms with Crippen LogP contribution in [0.5, 0.6) is 0 Å². The van der Waals surface area contributed by atoms with Gasteiger partial charge in [-0.25, -0.2) is 0 Å². The highest BCUT2D eigenvalue weighted by Gasteiger charge is 2.27. The molecule has 2 heteroatoms. The maximum Gasteiger partial charge on any atom is 0.0772 e. The van der Waals surface area contributed by atoms with Gasteiger partial charge in [-0.1, -0.05) is 37.6 Å². The Morgan fingerprint density at radius 1 is 1.29 bits per heavy atom. The number of rotatable bonds is 4. The van der Waals surface area contributed by atoms with Crippen molar-refractivity contribution < 1.29 is 4.74 Å². The zero-order valence-electron chi connectivity index (χ0n) is 10.9. The van der Waals surface area contributed by atoms with Crippen LogP contribution in [0.3, 0.4) is 0 Å². The number of benzene rings is 1. The summed E-state index contributed by atoms with van der Waals surface area (Å²) < 4.78 is 5.83. The lowest BCUT2D eigenvalue weighted by atomic mass is 9.98. The predicted molar refractivity (Wildman–Crippen MR) is 70.9 cm³/mol. The van der Waals surface area contributed by atoms with Crippen molar-refractivity contribution in [2.45, 2.75) is 57.8 Å². The first-order chi connectivity index (χ1) is 8.20. The van der Waals surface area contributed by atoms with Crippen molar-refractivity contribution in [3.63, 3.8) is 0 Å². The maximum absolute atomic E-state index is 6.26. The molecule has 0 saturated carbocycles. The first kappa shape index (κ1) is 12.6. The van der Waals surface area contributed by atoms with Gasteiger partial charge in [0.2, 0.25) is 0 Å². The van der Waals surface area contributed by atoms with Crippen LogP contribution >= 0.6 is 0 Å². The van der Waals surface area contributed by atoms with Gasteiger partial charge in [0, 0.05) is 0 Å². The van der Waals surface area contributed by atoms with Crippen LogP contribution in [0, 0.1) is 0 Å². The molecule has 1 heterocycles. The summed E-state index contributed by atoms with van der Waals surface area (Å²) in [5.74, 6) is 0. The SMILES string of the molecule is CCCc1ccc(C(N)C2CCC(C)O2)cc1. The average molecular weight is 233 g/mol. The topological polar surface area (TPSA) is 35.2 Å². The van der Waals surface area contributed by atoms with Crippen LogP contribution < -0.4 is 5.73 Å². The van der Waals surface area contributed by atoms with Crippen molar-refractivity contribution in [1.82, 2.24) is 0 Å². The molecule has 1 fully saturated rings. The summed E-state index contributed by atoms with van der Waals surface area (Å²) in [6, 6.07) is 8.72. The molecule has 2 nitrogen and oxygen atoms in total. The Kier molecular flexibility index (Phi) is 4.19. The van der Waals surface area contributed by atoms with Crippen molar-refractivity contribution in [2.75, 3.05) is 0 Å². The second-order valence-corrected chi connectivity index (χ2v) is 5.08. The Bertz CT molecular complexity index is 346. The molecule has 2 N–H and O–H groups in total. The molecule has 0 aromatic heterocycles. The third kappa shape index (κ3) is 3.08. The van der Waals surface area contributed by atoms with Gasteiger partial charge in [0.25, 0.3) is 0 Å². The molecule has 3 unspecified atom stereocenters. The van der Waals surface area contributed by atoms with Gasteiger partial charge in [-0.05, 0) is 37.3 Å². The van der Waals surface area contributed by atoms with Gasteiger partial charge in [0.1, 0.15) is 0 Å². The van der Waals surface area contributed by atoms with Crippen LogP contribution in [0.15, 0.2) is 24.3 Å². The van der Waals surface area contributed by atoms with E-state index >= 15 is 0 Å². The molecule has 1 aromatic rings. The first-order valence-electron chi connectivity index (χ1n) is 6.70. The smallest absolute Gasteiger partial charge is 0.0772 e. The lowest BCUT2D eigenvalue weighted by molar-refractivity contribution is 0.0401. The Hall–Kier alpha value is -0.860. The fourth-order valence-electron chi connectivity index (χ4n) is 2.51. The zero-order valence-corrected chi connectivity index (χ0v) is 10.9. The third-order valence-corrected chi connectivity index (χ3v) is 3.57. The van der Waals surface area contributed by atoms with E-state index in [1.54, 1.807) is 0 Å². The van der Waals surface area contributed by atoms with Crippen LogP contribution in [-0.4, -0.2) is 12.2 Å². The van der Waals surface area contributed by atoms with Crippen molar-refractivity contribution in [3.05, 3.63) is 35.4 Å². The van der Waals surface area contributed by atoms with E-state index in [1.807, 2.05) is 0 Å². The first-order valence-corrected chi connectivity index (χ1v) is 6.70. The van der Waals surface area contributed by atoms with E-state index < -0.39 is 0 Å². The molecule has 1 aliphatic heterocycles. The number of ether oxygens (including phenoxy) is 1. The van der Waals surface area contributed by atoms with Crippen molar-refractivity contribution in [3.8, 4) is 0 Å². The molecule has 0 radical (unpaired) electrons. The summed E-state index contributed by atoms with van der Waals surface area (Å²) in [6.07, 6.45) is 5.11. The molecule has 1 saturated heterocycles. The molecule has 0 bridgehead atoms. The predicted octanol–water partition coefficient (Wildman–Crippen LogP) is 3.21. The summed E-state index contributed by atoms with van der Waals surface area (Å²) in [4.78, 5) is 0. The molecule has 0 spiro atoms. The highest BCUT2D eigenvalue weighted by atomic mass is 16.5. The summed E-state index contributed by atoms with van der Waals surface area (Å²) in [6.45, 7) is 4.32. The van der Waals surface area contributed by atoms with Crippen molar-refractivity contribution in [1.29, 1.82) is 0 Å². The molecular formula is C15H23NO. The van der Waals surface area contributed by atoms with Gasteiger partial charge in [0.15, 0.2) is 0 Å². The van der Waals surface area contributed by atoms with Gasteiger partial charge in [-0.15, -0.1) is 0 Å². The van der Waals surface area contributed by atoms with Crippen molar-refractivity contribution >= 4 is 0 Å². The number of hydrogen-bond donors (Lipinski definition) is 1. The Labute approximate surface area is 104 Å². The molecule has 0 aliphatic carbocycles. The third-order valence-electron chi connectivity index (χ3n) is 3.57. The molecule has 1 aliphatic rings. The molecular weight excluding hydrogens is 210 g/mol. The lowest BCUT2D eigenvalue weighted by Crippen LogP contribution is -2.26. The molecule has 0 amide bonds. The quantitative estimate of drug-likeness (QED) is 0.866. The van der Waals surface area contributed by atoms with E-state index in [2.05, 4.69) is 38.1 Å². The standard InChI is InChI=1S/C15H23NO/c1-3-4-12-6-8-13(9-7-12)15(16)14-10-5-11(2)17-14/h6-9,11,14-15H,3-5,10,16H2,1-2H3. The van der Waals surface area contributed by atoms with E-state index in [4.69, 9.17) is 10.5 Å². The van der Waals surface area contributed by atoms with Crippen molar-refractivity contribution in [2.24, 2.45) is 5.73 Å². The Morgan fingerprint density at radius 2 is 2.00 bits per heavy atom. The Morgan fingerprint density at radius 3 is 2.53 bits per heavy atom. The Balaban J connectivity index is 2.01. The maximum atomic E-state index is 6.26. The average Bonchev–Trinajstić information content (AvgIpc) is 2.76. The summed E-state index contributed by atoms with van der Waals surface area (Å²) in [5, 5.41) is 0. The highest BCUT2D eigenvalue weighted by Crippen LogP contribution is 2.28. The van der Waals surface area contributed by atoms with Gasteiger partial charge in [0.05, 0.1) is 18.2 Å². The minimum atomic E-state index is 0.0237. The van der Waals surface area contributed by atoms with Crippen LogP contribution in [0.2, 0.25) is 0 Å². The molecule has 1 aromatic carbocycles. The fraction of sp³-hybridized carbons (Fsp3) is 0.600. The van der Waals surface area contributed by atoms with Crippen LogP contribution in [-0.2, 0) is 11.2 Å². The van der Waals surface area contributed by atoms with E-state index in [0.717, 1.165) is 19.3 Å². The van der Waals surface area contributed by atoms with Crippen LogP contribution in [0.4, 0.5) is 0 Å². The highest BCUT2D eigenvalue weighted by molar-refractivity contribution is 5.25. The van der Waals surface area contributed by atoms with E-state index in [9.17, 15) is 0 Å². The molecule has 3 atom stereocenters. The molecule has 2 rings (SSSR count). The minimum Gasteiger partial charge on any atom is -0.373 e. The minimum absolute atomic E-state index is 0.0237. The number of hydrogen-bond acceptors (Lipinski definition) is 2. The summed E-state index contributed by atoms with van der Waals surface area (Å²) >= 11 is 0. The zero-order chi connectivity index (χ0) is 12.3. The second-order valence-electron chi connectivity index (χ2n) is 5.08. The van der Waals surface area contributed by atoms with Gasteiger partial charge in [-0.2, -0.15) is 0 Å². The normalized spacial score (nSPS) is 26.1. The molecule has 94 valence electrons. The number of aryl methyl sites for hydroxylation is 1. The van der Waals surface area contributed by atoms with Crippen LogP contribution in [0.25, 0.3) is 0 Å². The lowest BCUT2D eigenvalue weighted by Gasteiger charge is -2.20. The fourth-order valence-corrected chi connectivity index (χ4v) is 2.51. The van der Waals surface area contributed by atoms with Gasteiger partial charge >= 0.3 is 0 Å². The largest absolute Gasteiger partial charge is 0.373 e. The van der Waals surface area contributed by atoms with E-state index in [0.29, 0.717) is 6.10 Å². The van der Waals surface area contributed by atoms with E-state index in [1.165, 1.54) is 17.5 Å².